The van der Waals surface area contributed by atoms with Crippen molar-refractivity contribution < 1.29 is 9.59 Å². The van der Waals surface area contributed by atoms with Crippen LogP contribution in [-0.4, -0.2) is 17.9 Å². The molecule has 1 aromatic rings. The van der Waals surface area contributed by atoms with E-state index in [4.69, 9.17) is 5.73 Å². The summed E-state index contributed by atoms with van der Waals surface area (Å²) in [5, 5.41) is 2.84. The van der Waals surface area contributed by atoms with E-state index in [1.165, 1.54) is 6.42 Å². The number of primary amides is 1. The van der Waals surface area contributed by atoms with Gasteiger partial charge in [0, 0.05) is 12.3 Å². The van der Waals surface area contributed by atoms with Gasteiger partial charge in [0.25, 0.3) is 0 Å². The normalized spacial score (nSPS) is 17.2. The van der Waals surface area contributed by atoms with Crippen molar-refractivity contribution in [1.29, 1.82) is 0 Å². The summed E-state index contributed by atoms with van der Waals surface area (Å²) in [6.45, 7) is 2.00. The average Bonchev–Trinajstić information content (AvgIpc) is 2.47. The van der Waals surface area contributed by atoms with Crippen molar-refractivity contribution in [3.8, 4) is 0 Å². The van der Waals surface area contributed by atoms with Crippen LogP contribution in [-0.2, 0) is 16.0 Å². The maximum absolute atomic E-state index is 12.3. The monoisotopic (exact) mass is 288 g/mol. The van der Waals surface area contributed by atoms with E-state index in [9.17, 15) is 9.59 Å². The number of carbonyl (C=O) groups is 2. The van der Waals surface area contributed by atoms with E-state index in [2.05, 4.69) is 5.32 Å². The van der Waals surface area contributed by atoms with E-state index in [0.29, 0.717) is 6.42 Å². The first-order valence-electron chi connectivity index (χ1n) is 7.71. The Morgan fingerprint density at radius 3 is 2.62 bits per heavy atom. The van der Waals surface area contributed by atoms with Crippen molar-refractivity contribution in [2.45, 2.75) is 51.5 Å². The third-order valence-corrected chi connectivity index (χ3v) is 4.16. The van der Waals surface area contributed by atoms with Crippen molar-refractivity contribution in [1.82, 2.24) is 5.32 Å². The lowest BCUT2D eigenvalue weighted by atomic mass is 9.88. The topological polar surface area (TPSA) is 72.2 Å². The van der Waals surface area contributed by atoms with Gasteiger partial charge in [-0.25, -0.2) is 0 Å². The van der Waals surface area contributed by atoms with Crippen LogP contribution in [0.15, 0.2) is 24.3 Å². The summed E-state index contributed by atoms with van der Waals surface area (Å²) < 4.78 is 0. The molecule has 0 spiro atoms. The van der Waals surface area contributed by atoms with Crippen LogP contribution in [0.25, 0.3) is 0 Å². The molecule has 0 radical (unpaired) electrons. The van der Waals surface area contributed by atoms with Gasteiger partial charge < -0.3 is 11.1 Å². The Morgan fingerprint density at radius 2 is 2.00 bits per heavy atom. The minimum atomic E-state index is -0.624. The van der Waals surface area contributed by atoms with Gasteiger partial charge in [-0.05, 0) is 25.3 Å². The first-order valence-corrected chi connectivity index (χ1v) is 7.71. The van der Waals surface area contributed by atoms with Crippen LogP contribution in [0.5, 0.6) is 0 Å². The molecular formula is C17H24N2O2. The largest absolute Gasteiger partial charge is 0.368 e. The highest BCUT2D eigenvalue weighted by Crippen LogP contribution is 2.23. The van der Waals surface area contributed by atoms with Crippen LogP contribution in [0.1, 0.15) is 43.2 Å². The Morgan fingerprint density at radius 1 is 1.29 bits per heavy atom. The molecule has 0 bridgehead atoms. The number of carbonyl (C=O) groups excluding carboxylic acids is 2. The molecule has 1 saturated carbocycles. The highest BCUT2D eigenvalue weighted by atomic mass is 16.2. The van der Waals surface area contributed by atoms with E-state index in [1.807, 2.05) is 31.2 Å². The second kappa shape index (κ2) is 7.25. The standard InChI is InChI=1S/C17H24N2O2/c1-12-6-5-7-13(10-12)11-15(16(18)20)19-17(21)14-8-3-2-4-9-14/h5-7,10,14-15H,2-4,8-9,11H2,1H3,(H2,18,20)(H,19,21)/t15-/m1/s1. The molecular weight excluding hydrogens is 264 g/mol. The molecule has 1 atom stereocenters. The fourth-order valence-corrected chi connectivity index (χ4v) is 2.95. The maximum atomic E-state index is 12.3. The van der Waals surface area contributed by atoms with E-state index in [0.717, 1.165) is 36.8 Å². The summed E-state index contributed by atoms with van der Waals surface area (Å²) in [5.41, 5.74) is 7.60. The maximum Gasteiger partial charge on any atom is 0.240 e. The number of benzene rings is 1. The third-order valence-electron chi connectivity index (χ3n) is 4.16. The van der Waals surface area contributed by atoms with Crippen molar-refractivity contribution in [2.75, 3.05) is 0 Å². The van der Waals surface area contributed by atoms with E-state index in [-0.39, 0.29) is 11.8 Å². The van der Waals surface area contributed by atoms with E-state index in [1.54, 1.807) is 0 Å². The third kappa shape index (κ3) is 4.59. The number of hydrogen-bond donors (Lipinski definition) is 2. The molecule has 0 unspecified atom stereocenters. The lowest BCUT2D eigenvalue weighted by molar-refractivity contribution is -0.130. The minimum Gasteiger partial charge on any atom is -0.368 e. The van der Waals surface area contributed by atoms with Crippen molar-refractivity contribution in [2.24, 2.45) is 11.7 Å². The molecule has 0 aromatic heterocycles. The summed E-state index contributed by atoms with van der Waals surface area (Å²) in [6.07, 6.45) is 5.68. The lowest BCUT2D eigenvalue weighted by Crippen LogP contribution is -2.48. The molecule has 0 heterocycles. The van der Waals surface area contributed by atoms with Gasteiger partial charge in [-0.1, -0.05) is 49.1 Å². The molecule has 1 fully saturated rings. The highest BCUT2D eigenvalue weighted by molar-refractivity contribution is 5.87. The van der Waals surface area contributed by atoms with Crippen LogP contribution in [0.4, 0.5) is 0 Å². The minimum absolute atomic E-state index is 0.0221. The Balaban J connectivity index is 1.98. The Kier molecular flexibility index (Phi) is 5.37. The molecule has 4 heteroatoms. The number of rotatable bonds is 5. The fourth-order valence-electron chi connectivity index (χ4n) is 2.95. The van der Waals surface area contributed by atoms with Gasteiger partial charge in [0.1, 0.15) is 6.04 Å². The van der Waals surface area contributed by atoms with Gasteiger partial charge in [0.2, 0.25) is 11.8 Å². The van der Waals surface area contributed by atoms with Gasteiger partial charge in [0.15, 0.2) is 0 Å². The second-order valence-corrected chi connectivity index (χ2v) is 5.99. The van der Waals surface area contributed by atoms with Crippen molar-refractivity contribution >= 4 is 11.8 Å². The summed E-state index contributed by atoms with van der Waals surface area (Å²) in [4.78, 5) is 23.9. The quantitative estimate of drug-likeness (QED) is 0.870. The summed E-state index contributed by atoms with van der Waals surface area (Å²) in [5.74, 6) is -0.454. The average molecular weight is 288 g/mol. The summed E-state index contributed by atoms with van der Waals surface area (Å²) >= 11 is 0. The smallest absolute Gasteiger partial charge is 0.240 e. The predicted octanol–water partition coefficient (Wildman–Crippen LogP) is 2.09. The van der Waals surface area contributed by atoms with Gasteiger partial charge in [-0.2, -0.15) is 0 Å². The number of nitrogens with one attached hydrogen (secondary N) is 1. The van der Waals surface area contributed by atoms with Gasteiger partial charge in [-0.15, -0.1) is 0 Å². The van der Waals surface area contributed by atoms with Crippen LogP contribution in [0.2, 0.25) is 0 Å². The fraction of sp³-hybridized carbons (Fsp3) is 0.529. The zero-order valence-corrected chi connectivity index (χ0v) is 12.6. The van der Waals surface area contributed by atoms with Gasteiger partial charge in [-0.3, -0.25) is 9.59 Å². The molecule has 1 aliphatic rings. The molecule has 114 valence electrons. The van der Waals surface area contributed by atoms with E-state index >= 15 is 0 Å². The van der Waals surface area contributed by atoms with Crippen molar-refractivity contribution in [3.63, 3.8) is 0 Å². The van der Waals surface area contributed by atoms with Crippen LogP contribution in [0.3, 0.4) is 0 Å². The molecule has 3 N–H and O–H groups in total. The van der Waals surface area contributed by atoms with Gasteiger partial charge in [0.05, 0.1) is 0 Å². The zero-order valence-electron chi connectivity index (χ0n) is 12.6. The molecule has 1 aromatic carbocycles. The van der Waals surface area contributed by atoms with Crippen LogP contribution < -0.4 is 11.1 Å². The molecule has 21 heavy (non-hydrogen) atoms. The van der Waals surface area contributed by atoms with E-state index < -0.39 is 11.9 Å². The molecule has 0 saturated heterocycles. The van der Waals surface area contributed by atoms with Crippen LogP contribution >= 0.6 is 0 Å². The molecule has 1 aliphatic carbocycles. The SMILES string of the molecule is Cc1cccc(C[C@@H](NC(=O)C2CCCCC2)C(N)=O)c1. The Labute approximate surface area is 126 Å². The number of hydrogen-bond acceptors (Lipinski definition) is 2. The van der Waals surface area contributed by atoms with Crippen molar-refractivity contribution in [3.05, 3.63) is 35.4 Å². The highest BCUT2D eigenvalue weighted by Gasteiger charge is 2.25. The molecule has 0 aliphatic heterocycles. The van der Waals surface area contributed by atoms with Gasteiger partial charge >= 0.3 is 0 Å². The number of amides is 2. The Hall–Kier alpha value is -1.84. The second-order valence-electron chi connectivity index (χ2n) is 5.99. The van der Waals surface area contributed by atoms with Crippen LogP contribution in [0, 0.1) is 12.8 Å². The first kappa shape index (κ1) is 15.5. The number of nitrogens with two attached hydrogens (primary N) is 1. The first-order chi connectivity index (χ1) is 10.1. The summed E-state index contributed by atoms with van der Waals surface area (Å²) in [7, 11) is 0. The number of aryl methyl sites for hydroxylation is 1. The molecule has 2 rings (SSSR count). The zero-order chi connectivity index (χ0) is 15.2. The molecule has 4 nitrogen and oxygen atoms in total. The summed E-state index contributed by atoms with van der Waals surface area (Å²) in [6, 6.07) is 7.30. The lowest BCUT2D eigenvalue weighted by Gasteiger charge is -2.23. The molecule has 2 amide bonds. The Bertz CT molecular complexity index is 507. The predicted molar refractivity (Wildman–Crippen MR) is 82.6 cm³/mol.